The number of benzene rings is 4. The van der Waals surface area contributed by atoms with Gasteiger partial charge >= 0.3 is 0 Å². The number of piperidine rings is 1. The Morgan fingerprint density at radius 3 is 2.13 bits per heavy atom. The van der Waals surface area contributed by atoms with E-state index in [1.807, 2.05) is 30.3 Å². The summed E-state index contributed by atoms with van der Waals surface area (Å²) in [5.74, 6) is -4.06. The lowest BCUT2D eigenvalue weighted by Crippen LogP contribution is -2.54. The van der Waals surface area contributed by atoms with E-state index in [0.717, 1.165) is 15.7 Å². The number of rotatable bonds is 25. The van der Waals surface area contributed by atoms with Crippen molar-refractivity contribution in [1.82, 2.24) is 25.8 Å². The minimum Gasteiger partial charge on any atom is -0.459 e. The van der Waals surface area contributed by atoms with E-state index in [9.17, 15) is 33.6 Å². The summed E-state index contributed by atoms with van der Waals surface area (Å²) < 4.78 is 34.3. The fraction of sp³-hybridized carbons (Fsp3) is 0.273. The number of aromatic nitrogens is 1. The largest absolute Gasteiger partial charge is 0.459 e. The number of hydrogen-bond donors (Lipinski definition) is 4. The summed E-state index contributed by atoms with van der Waals surface area (Å²) in [5.41, 5.74) is 3.20. The molecule has 9 rings (SSSR count). The molecular weight excluding hydrogens is 967 g/mol. The van der Waals surface area contributed by atoms with Crippen LogP contribution in [0.1, 0.15) is 67.3 Å². The first-order chi connectivity index (χ1) is 36.7. The van der Waals surface area contributed by atoms with Gasteiger partial charge in [-0.05, 0) is 60.5 Å². The van der Waals surface area contributed by atoms with Gasteiger partial charge in [0.05, 0.1) is 70.2 Å². The first-order valence-corrected chi connectivity index (χ1v) is 24.4. The summed E-state index contributed by atoms with van der Waals surface area (Å²) >= 11 is 0. The molecule has 5 heterocycles. The highest BCUT2D eigenvalue weighted by atomic mass is 16.6. The number of nitrogens with zero attached hydrogens (tertiary/aromatic N) is 3. The van der Waals surface area contributed by atoms with Crippen LogP contribution in [-0.4, -0.2) is 123 Å². The lowest BCUT2D eigenvalue weighted by molar-refractivity contribution is -0.136. The SMILES string of the molecule is O=C1CCC(N2C(=O)c3cccc(NCCOCCOCCOCCOCCNC(=O)[C@@H](NC(=O)C(c4cccnc4)N(C(=O)c4ccco4)c4ccc5c(c4)oc4ccccc45)c4ccccc4)c3C2=O)C(=O)N1. The van der Waals surface area contributed by atoms with Crippen LogP contribution in [0.15, 0.2) is 143 Å². The molecule has 1 fully saturated rings. The molecule has 2 unspecified atom stereocenters. The van der Waals surface area contributed by atoms with Crippen molar-refractivity contribution >= 4 is 74.7 Å². The Hall–Kier alpha value is -8.56. The van der Waals surface area contributed by atoms with Crippen LogP contribution in [0.25, 0.3) is 21.9 Å². The molecule has 3 aromatic heterocycles. The lowest BCUT2D eigenvalue weighted by Gasteiger charge is -2.32. The van der Waals surface area contributed by atoms with Crippen LogP contribution in [0.3, 0.4) is 0 Å². The number of imide groups is 2. The number of pyridine rings is 1. The highest BCUT2D eigenvalue weighted by Gasteiger charge is 2.46. The first kappa shape index (κ1) is 51.3. The number of fused-ring (bicyclic) bond motifs is 4. The average molecular weight is 1020 g/mol. The smallest absolute Gasteiger partial charge is 0.294 e. The van der Waals surface area contributed by atoms with Gasteiger partial charge in [0.1, 0.15) is 29.3 Å². The second-order valence-electron chi connectivity index (χ2n) is 17.3. The third kappa shape index (κ3) is 12.0. The zero-order valence-electron chi connectivity index (χ0n) is 40.6. The van der Waals surface area contributed by atoms with Crippen molar-refractivity contribution < 1.29 is 61.3 Å². The second-order valence-corrected chi connectivity index (χ2v) is 17.3. The molecule has 4 aromatic carbocycles. The van der Waals surface area contributed by atoms with Gasteiger partial charge in [-0.1, -0.05) is 60.7 Å². The quantitative estimate of drug-likeness (QED) is 0.0407. The Kier molecular flexibility index (Phi) is 16.7. The Bertz CT molecular complexity index is 3170. The van der Waals surface area contributed by atoms with Crippen LogP contribution in [0.4, 0.5) is 11.4 Å². The van der Waals surface area contributed by atoms with Gasteiger partial charge in [0.25, 0.3) is 17.7 Å². The standard InChI is InChI=1S/C55H53N7O13/c63-46-20-19-42(50(64)59-46)62-53(67)40-13-6-14-41(47(40)55(62)69)57-22-25-70-27-29-72-31-32-73-30-28-71-26-23-58-51(65)48(35-9-2-1-3-10-35)60-52(66)49(36-11-7-21-56-34-36)61(54(68)44-16-8-24-74-44)37-17-18-39-38-12-4-5-15-43(38)75-45(39)33-37/h1-18,21,24,33-34,42,48-49,57H,19-20,22-23,25-32H2,(H,58,65)(H,60,66)(H,59,63,64)/t42?,48-,49?/m0/s1. The first-order valence-electron chi connectivity index (χ1n) is 24.4. The molecule has 7 amide bonds. The number of hydrogen-bond acceptors (Lipinski definition) is 15. The molecule has 7 aromatic rings. The molecule has 20 heteroatoms. The summed E-state index contributed by atoms with van der Waals surface area (Å²) in [6.07, 6.45) is 4.54. The number of amides is 7. The molecule has 1 saturated heterocycles. The number of carbonyl (C=O) groups excluding carboxylic acids is 7. The van der Waals surface area contributed by atoms with E-state index in [0.29, 0.717) is 66.6 Å². The van der Waals surface area contributed by atoms with Crippen molar-refractivity contribution in [1.29, 1.82) is 0 Å². The van der Waals surface area contributed by atoms with Gasteiger partial charge in [0.15, 0.2) is 5.76 Å². The van der Waals surface area contributed by atoms with Crippen molar-refractivity contribution in [2.24, 2.45) is 0 Å². The lowest BCUT2D eigenvalue weighted by atomic mass is 10.0. The average Bonchev–Trinajstić information content (AvgIpc) is 4.20. The van der Waals surface area contributed by atoms with Crippen LogP contribution in [-0.2, 0) is 38.1 Å². The molecule has 2 aliphatic rings. The highest BCUT2D eigenvalue weighted by Crippen LogP contribution is 2.37. The predicted molar refractivity (Wildman–Crippen MR) is 271 cm³/mol. The Labute approximate surface area is 429 Å². The second kappa shape index (κ2) is 24.4. The number of furan rings is 2. The maximum atomic E-state index is 14.8. The Balaban J connectivity index is 0.709. The zero-order valence-corrected chi connectivity index (χ0v) is 40.6. The fourth-order valence-electron chi connectivity index (χ4n) is 8.92. The molecule has 0 spiro atoms. The topological polar surface area (TPSA) is 250 Å². The van der Waals surface area contributed by atoms with Crippen LogP contribution < -0.4 is 26.2 Å². The molecule has 3 atom stereocenters. The maximum Gasteiger partial charge on any atom is 0.294 e. The highest BCUT2D eigenvalue weighted by molar-refractivity contribution is 6.25. The van der Waals surface area contributed by atoms with E-state index in [2.05, 4.69) is 26.3 Å². The molecule has 386 valence electrons. The van der Waals surface area contributed by atoms with Crippen LogP contribution in [0.5, 0.6) is 0 Å². The molecule has 0 bridgehead atoms. The molecule has 2 aliphatic heterocycles. The molecule has 75 heavy (non-hydrogen) atoms. The number of ether oxygens (including phenoxy) is 4. The van der Waals surface area contributed by atoms with E-state index in [1.54, 1.807) is 79.0 Å². The van der Waals surface area contributed by atoms with Gasteiger partial charge < -0.3 is 43.7 Å². The normalized spacial score (nSPS) is 15.1. The summed E-state index contributed by atoms with van der Waals surface area (Å²) in [6, 6.07) is 29.4. The number of carbonyl (C=O) groups is 7. The molecule has 4 N–H and O–H groups in total. The van der Waals surface area contributed by atoms with Gasteiger partial charge in [0.2, 0.25) is 23.6 Å². The molecule has 0 radical (unpaired) electrons. The number of nitrogens with one attached hydrogen (secondary N) is 4. The van der Waals surface area contributed by atoms with Gasteiger partial charge in [-0.3, -0.25) is 53.7 Å². The van der Waals surface area contributed by atoms with E-state index in [1.165, 1.54) is 29.5 Å². The van der Waals surface area contributed by atoms with Crippen molar-refractivity contribution in [3.63, 3.8) is 0 Å². The van der Waals surface area contributed by atoms with E-state index in [4.69, 9.17) is 27.8 Å². The molecule has 0 saturated carbocycles. The van der Waals surface area contributed by atoms with Crippen molar-refractivity contribution in [2.45, 2.75) is 31.0 Å². The third-order valence-corrected chi connectivity index (χ3v) is 12.5. The van der Waals surface area contributed by atoms with Crippen LogP contribution in [0.2, 0.25) is 0 Å². The molecule has 20 nitrogen and oxygen atoms in total. The summed E-state index contributed by atoms with van der Waals surface area (Å²) in [4.78, 5) is 100. The van der Waals surface area contributed by atoms with Gasteiger partial charge in [-0.2, -0.15) is 0 Å². The van der Waals surface area contributed by atoms with Gasteiger partial charge in [0, 0.05) is 65.7 Å². The molecular formula is C55H53N7O13. The molecule has 0 aliphatic carbocycles. The minimum atomic E-state index is -1.33. The monoisotopic (exact) mass is 1020 g/mol. The van der Waals surface area contributed by atoms with E-state index < -0.39 is 59.5 Å². The summed E-state index contributed by atoms with van der Waals surface area (Å²) in [7, 11) is 0. The van der Waals surface area contributed by atoms with Crippen molar-refractivity contribution in [2.75, 3.05) is 76.2 Å². The fourth-order valence-corrected chi connectivity index (χ4v) is 8.92. The minimum absolute atomic E-state index is 0.0121. The number of para-hydroxylation sites is 1. The van der Waals surface area contributed by atoms with Crippen LogP contribution in [0, 0.1) is 0 Å². The van der Waals surface area contributed by atoms with E-state index in [-0.39, 0.29) is 62.7 Å². The van der Waals surface area contributed by atoms with Crippen LogP contribution >= 0.6 is 0 Å². The Morgan fingerprint density at radius 1 is 0.707 bits per heavy atom. The Morgan fingerprint density at radius 2 is 1.41 bits per heavy atom. The predicted octanol–water partition coefficient (Wildman–Crippen LogP) is 5.52. The zero-order chi connectivity index (χ0) is 52.1. The van der Waals surface area contributed by atoms with Crippen molar-refractivity contribution in [3.8, 4) is 0 Å². The van der Waals surface area contributed by atoms with E-state index >= 15 is 0 Å². The maximum absolute atomic E-state index is 14.8. The van der Waals surface area contributed by atoms with Gasteiger partial charge in [-0.15, -0.1) is 0 Å². The summed E-state index contributed by atoms with van der Waals surface area (Å²) in [5, 5.41) is 12.8. The van der Waals surface area contributed by atoms with Crippen molar-refractivity contribution in [3.05, 3.63) is 162 Å². The summed E-state index contributed by atoms with van der Waals surface area (Å²) in [6.45, 7) is 2.65. The van der Waals surface area contributed by atoms with Gasteiger partial charge in [-0.25, -0.2) is 0 Å². The third-order valence-electron chi connectivity index (χ3n) is 12.5. The number of anilines is 2.